The van der Waals surface area contributed by atoms with Crippen molar-refractivity contribution in [1.29, 1.82) is 0 Å². The van der Waals surface area contributed by atoms with Crippen LogP contribution in [0, 0.1) is 0 Å². The third-order valence-electron chi connectivity index (χ3n) is 5.39. The molecule has 0 heterocycles. The maximum absolute atomic E-state index is 12.5. The second-order valence-corrected chi connectivity index (χ2v) is 9.95. The van der Waals surface area contributed by atoms with Gasteiger partial charge < -0.3 is 10.2 Å². The molecule has 0 aromatic heterocycles. The first-order valence-corrected chi connectivity index (χ1v) is 13.1. The van der Waals surface area contributed by atoms with Gasteiger partial charge in [-0.2, -0.15) is 8.42 Å². The zero-order valence-corrected chi connectivity index (χ0v) is 19.7. The average Bonchev–Trinajstić information content (AvgIpc) is 2.71. The summed E-state index contributed by atoms with van der Waals surface area (Å²) in [4.78, 5) is 0.0579. The second kappa shape index (κ2) is 15.8. The van der Waals surface area contributed by atoms with Gasteiger partial charge in [0.25, 0.3) is 10.1 Å². The lowest BCUT2D eigenvalue weighted by Crippen LogP contribution is -2.34. The van der Waals surface area contributed by atoms with Crippen molar-refractivity contribution in [1.82, 2.24) is 0 Å². The maximum atomic E-state index is 12.5. The predicted molar refractivity (Wildman–Crippen MR) is 122 cm³/mol. The molecular weight excluding hydrogens is 400 g/mol. The van der Waals surface area contributed by atoms with Gasteiger partial charge in [-0.05, 0) is 25.5 Å². The summed E-state index contributed by atoms with van der Waals surface area (Å²) in [7, 11) is -3.98. The summed E-state index contributed by atoms with van der Waals surface area (Å²) in [5.41, 5.74) is 0. The van der Waals surface area contributed by atoms with E-state index in [0.29, 0.717) is 6.42 Å². The molecule has 0 bridgehead atoms. The van der Waals surface area contributed by atoms with Gasteiger partial charge in [0, 0.05) is 6.42 Å². The molecule has 2 N–H and O–H groups in total. The van der Waals surface area contributed by atoms with Crippen molar-refractivity contribution in [2.45, 2.75) is 121 Å². The fourth-order valence-corrected chi connectivity index (χ4v) is 4.74. The predicted octanol–water partition coefficient (Wildman–Crippen LogP) is 5.59. The van der Waals surface area contributed by atoms with Gasteiger partial charge >= 0.3 is 0 Å². The Kier molecular flexibility index (Phi) is 14.3. The SMILES string of the molecule is CCCCCCCCCCCCCC(O)C(CC(C)O)OS(=O)(=O)c1ccccc1. The van der Waals surface area contributed by atoms with Crippen LogP contribution in [0.2, 0.25) is 0 Å². The van der Waals surface area contributed by atoms with Crippen molar-refractivity contribution in [2.24, 2.45) is 0 Å². The molecule has 0 radical (unpaired) electrons. The van der Waals surface area contributed by atoms with E-state index in [9.17, 15) is 18.6 Å². The Labute approximate surface area is 184 Å². The molecule has 3 unspecified atom stereocenters. The molecule has 1 aromatic rings. The summed E-state index contributed by atoms with van der Waals surface area (Å²) in [5.74, 6) is 0. The molecule has 0 spiro atoms. The second-order valence-electron chi connectivity index (χ2n) is 8.38. The number of unbranched alkanes of at least 4 members (excludes halogenated alkanes) is 10. The minimum Gasteiger partial charge on any atom is -0.393 e. The molecule has 1 aromatic carbocycles. The highest BCUT2D eigenvalue weighted by molar-refractivity contribution is 7.86. The third kappa shape index (κ3) is 12.0. The van der Waals surface area contributed by atoms with Gasteiger partial charge in [-0.1, -0.05) is 95.8 Å². The van der Waals surface area contributed by atoms with Gasteiger partial charge in [0.05, 0.1) is 17.1 Å². The summed E-state index contributed by atoms with van der Waals surface area (Å²) in [6.07, 6.45) is 11.3. The highest BCUT2D eigenvalue weighted by Gasteiger charge is 2.28. The summed E-state index contributed by atoms with van der Waals surface area (Å²) >= 11 is 0. The van der Waals surface area contributed by atoms with Crippen LogP contribution in [0.15, 0.2) is 35.2 Å². The minimum atomic E-state index is -3.98. The Bertz CT molecular complexity index is 630. The summed E-state index contributed by atoms with van der Waals surface area (Å²) in [5, 5.41) is 20.2. The van der Waals surface area contributed by atoms with Gasteiger partial charge in [-0.15, -0.1) is 0 Å². The number of hydrogen-bond donors (Lipinski definition) is 2. The summed E-state index contributed by atoms with van der Waals surface area (Å²) < 4.78 is 30.3. The fraction of sp³-hybridized carbons (Fsp3) is 0.750. The topological polar surface area (TPSA) is 83.8 Å². The van der Waals surface area contributed by atoms with E-state index in [4.69, 9.17) is 4.18 Å². The van der Waals surface area contributed by atoms with Crippen LogP contribution in [-0.4, -0.2) is 36.9 Å². The highest BCUT2D eigenvalue weighted by atomic mass is 32.2. The first-order valence-electron chi connectivity index (χ1n) is 11.7. The van der Waals surface area contributed by atoms with Crippen molar-refractivity contribution in [2.75, 3.05) is 0 Å². The van der Waals surface area contributed by atoms with Crippen LogP contribution >= 0.6 is 0 Å². The Morgan fingerprint density at radius 2 is 1.33 bits per heavy atom. The largest absolute Gasteiger partial charge is 0.393 e. The van der Waals surface area contributed by atoms with E-state index in [1.54, 1.807) is 25.1 Å². The molecule has 0 fully saturated rings. The minimum absolute atomic E-state index is 0.0579. The molecule has 0 saturated heterocycles. The van der Waals surface area contributed by atoms with E-state index >= 15 is 0 Å². The zero-order valence-electron chi connectivity index (χ0n) is 18.8. The molecule has 0 aliphatic carbocycles. The van der Waals surface area contributed by atoms with Gasteiger partial charge in [0.15, 0.2) is 0 Å². The van der Waals surface area contributed by atoms with Crippen molar-refractivity contribution in [3.05, 3.63) is 30.3 Å². The lowest BCUT2D eigenvalue weighted by Gasteiger charge is -2.24. The van der Waals surface area contributed by atoms with Crippen molar-refractivity contribution >= 4 is 10.1 Å². The smallest absolute Gasteiger partial charge is 0.297 e. The van der Waals surface area contributed by atoms with Crippen LogP contribution < -0.4 is 0 Å². The molecule has 30 heavy (non-hydrogen) atoms. The fourth-order valence-electron chi connectivity index (χ4n) is 3.61. The van der Waals surface area contributed by atoms with Crippen LogP contribution in [0.25, 0.3) is 0 Å². The maximum Gasteiger partial charge on any atom is 0.297 e. The van der Waals surface area contributed by atoms with E-state index in [0.717, 1.165) is 19.3 Å². The van der Waals surface area contributed by atoms with Crippen molar-refractivity contribution in [3.63, 3.8) is 0 Å². The number of aliphatic hydroxyl groups excluding tert-OH is 2. The zero-order chi connectivity index (χ0) is 22.2. The first-order chi connectivity index (χ1) is 14.4. The summed E-state index contributed by atoms with van der Waals surface area (Å²) in [6, 6.07) is 7.91. The molecule has 0 aliphatic heterocycles. The first kappa shape index (κ1) is 27.1. The molecule has 174 valence electrons. The molecule has 0 saturated carbocycles. The highest BCUT2D eigenvalue weighted by Crippen LogP contribution is 2.21. The number of benzene rings is 1. The quantitative estimate of drug-likeness (QED) is 0.229. The lowest BCUT2D eigenvalue weighted by atomic mass is 10.0. The number of aliphatic hydroxyl groups is 2. The Hall–Kier alpha value is -0.950. The standard InChI is InChI=1S/C24H42O5S/c1-3-4-5-6-7-8-9-10-11-12-16-19-23(26)24(20-21(2)25)29-30(27,28)22-17-14-13-15-18-22/h13-15,17-18,21,23-26H,3-12,16,19-20H2,1-2H3. The molecule has 3 atom stereocenters. The van der Waals surface area contributed by atoms with Crippen LogP contribution in [0.4, 0.5) is 0 Å². The van der Waals surface area contributed by atoms with E-state index in [-0.39, 0.29) is 11.3 Å². The van der Waals surface area contributed by atoms with E-state index in [2.05, 4.69) is 6.92 Å². The third-order valence-corrected chi connectivity index (χ3v) is 6.74. The van der Waals surface area contributed by atoms with E-state index in [1.165, 1.54) is 63.5 Å². The number of rotatable bonds is 18. The van der Waals surface area contributed by atoms with Gasteiger partial charge in [0.1, 0.15) is 6.10 Å². The molecule has 6 heteroatoms. The van der Waals surface area contributed by atoms with E-state index < -0.39 is 28.4 Å². The normalized spacial score (nSPS) is 15.1. The Morgan fingerprint density at radius 1 is 0.833 bits per heavy atom. The monoisotopic (exact) mass is 442 g/mol. The molecular formula is C24H42O5S. The Morgan fingerprint density at radius 3 is 1.83 bits per heavy atom. The average molecular weight is 443 g/mol. The molecule has 0 aliphatic rings. The van der Waals surface area contributed by atoms with Crippen LogP contribution in [0.3, 0.4) is 0 Å². The van der Waals surface area contributed by atoms with Gasteiger partial charge in [-0.25, -0.2) is 0 Å². The summed E-state index contributed by atoms with van der Waals surface area (Å²) in [6.45, 7) is 3.80. The van der Waals surface area contributed by atoms with Crippen molar-refractivity contribution < 1.29 is 22.8 Å². The lowest BCUT2D eigenvalue weighted by molar-refractivity contribution is 0.00488. The molecule has 1 rings (SSSR count). The molecule has 0 amide bonds. The van der Waals surface area contributed by atoms with Crippen molar-refractivity contribution in [3.8, 4) is 0 Å². The van der Waals surface area contributed by atoms with Gasteiger partial charge in [0.2, 0.25) is 0 Å². The van der Waals surface area contributed by atoms with Crippen LogP contribution in [-0.2, 0) is 14.3 Å². The van der Waals surface area contributed by atoms with E-state index in [1.807, 2.05) is 0 Å². The number of hydrogen-bond acceptors (Lipinski definition) is 5. The molecule has 5 nitrogen and oxygen atoms in total. The van der Waals surface area contributed by atoms with Crippen LogP contribution in [0.5, 0.6) is 0 Å². The van der Waals surface area contributed by atoms with Crippen LogP contribution in [0.1, 0.15) is 97.3 Å². The van der Waals surface area contributed by atoms with Gasteiger partial charge in [-0.3, -0.25) is 4.18 Å². The Balaban J connectivity index is 2.32.